The van der Waals surface area contributed by atoms with Crippen molar-refractivity contribution in [2.45, 2.75) is 32.2 Å². The highest BCUT2D eigenvalue weighted by Gasteiger charge is 2.28. The Morgan fingerprint density at radius 1 is 1.27 bits per heavy atom. The van der Waals surface area contributed by atoms with E-state index in [1.807, 2.05) is 35.6 Å². The van der Waals surface area contributed by atoms with Crippen LogP contribution in [0.15, 0.2) is 24.8 Å². The summed E-state index contributed by atoms with van der Waals surface area (Å²) < 4.78 is 3.78. The Balaban J connectivity index is 1.40. The number of hydrogen-bond acceptors (Lipinski definition) is 6. The summed E-state index contributed by atoms with van der Waals surface area (Å²) in [6.45, 7) is 4.09. The first-order valence-corrected chi connectivity index (χ1v) is 9.50. The fourth-order valence-electron chi connectivity index (χ4n) is 3.37. The molecule has 3 aromatic rings. The summed E-state index contributed by atoms with van der Waals surface area (Å²) in [5, 5.41) is 12.8. The van der Waals surface area contributed by atoms with Crippen molar-refractivity contribution in [3.63, 3.8) is 0 Å². The third-order valence-corrected chi connectivity index (χ3v) is 5.86. The first-order chi connectivity index (χ1) is 12.6. The molecule has 26 heavy (non-hydrogen) atoms. The highest BCUT2D eigenvalue weighted by atomic mass is 32.1. The van der Waals surface area contributed by atoms with E-state index in [1.165, 1.54) is 11.2 Å². The Bertz CT molecular complexity index is 890. The smallest absolute Gasteiger partial charge is 0.263 e. The molecular weight excluding hydrogens is 350 g/mol. The average molecular weight is 371 g/mol. The molecular formula is C17H21N7OS. The second-order valence-electron chi connectivity index (χ2n) is 6.60. The lowest BCUT2D eigenvalue weighted by molar-refractivity contribution is 0.0715. The van der Waals surface area contributed by atoms with Crippen LogP contribution in [0.1, 0.15) is 45.0 Å². The molecule has 136 valence electrons. The third kappa shape index (κ3) is 3.26. The van der Waals surface area contributed by atoms with Crippen LogP contribution in [0, 0.1) is 6.92 Å². The van der Waals surface area contributed by atoms with Gasteiger partial charge < -0.3 is 9.47 Å². The van der Waals surface area contributed by atoms with Gasteiger partial charge in [0.2, 0.25) is 0 Å². The van der Waals surface area contributed by atoms with E-state index in [9.17, 15) is 4.79 Å². The van der Waals surface area contributed by atoms with E-state index < -0.39 is 0 Å². The Labute approximate surface area is 155 Å². The second-order valence-corrected chi connectivity index (χ2v) is 7.89. The number of thiophene rings is 1. The molecule has 1 fully saturated rings. The highest BCUT2D eigenvalue weighted by Crippen LogP contribution is 2.28. The van der Waals surface area contributed by atoms with Crippen molar-refractivity contribution in [2.75, 3.05) is 13.1 Å². The van der Waals surface area contributed by atoms with E-state index in [4.69, 9.17) is 0 Å². The minimum atomic E-state index is 0.145. The first kappa shape index (κ1) is 16.9. The van der Waals surface area contributed by atoms with Gasteiger partial charge in [0.15, 0.2) is 5.82 Å². The zero-order chi connectivity index (χ0) is 18.1. The van der Waals surface area contributed by atoms with Crippen LogP contribution < -0.4 is 0 Å². The van der Waals surface area contributed by atoms with Gasteiger partial charge in [-0.25, -0.2) is 9.67 Å². The third-order valence-electron chi connectivity index (χ3n) is 4.87. The quantitative estimate of drug-likeness (QED) is 0.699. The number of carbonyl (C=O) groups excluding carboxylic acids is 1. The van der Waals surface area contributed by atoms with E-state index in [2.05, 4.69) is 20.3 Å². The van der Waals surface area contributed by atoms with Gasteiger partial charge in [-0.1, -0.05) is 0 Å². The van der Waals surface area contributed by atoms with Crippen molar-refractivity contribution in [2.24, 2.45) is 7.05 Å². The Morgan fingerprint density at radius 2 is 2.08 bits per heavy atom. The van der Waals surface area contributed by atoms with Gasteiger partial charge in [-0.3, -0.25) is 4.79 Å². The van der Waals surface area contributed by atoms with Crippen molar-refractivity contribution in [1.29, 1.82) is 0 Å². The molecule has 0 aliphatic carbocycles. The minimum Gasteiger partial charge on any atom is -0.338 e. The van der Waals surface area contributed by atoms with Crippen LogP contribution >= 0.6 is 11.3 Å². The Hall–Kier alpha value is -2.55. The summed E-state index contributed by atoms with van der Waals surface area (Å²) >= 11 is 1.56. The number of nitrogens with zero attached hydrogens (tertiary/aromatic N) is 7. The monoisotopic (exact) mass is 371 g/mol. The van der Waals surface area contributed by atoms with Gasteiger partial charge in [0.05, 0.1) is 4.88 Å². The molecule has 1 aliphatic heterocycles. The fourth-order valence-corrected chi connectivity index (χ4v) is 4.21. The van der Waals surface area contributed by atoms with Crippen LogP contribution in [0.2, 0.25) is 0 Å². The molecule has 8 nitrogen and oxygen atoms in total. The molecule has 4 heterocycles. The van der Waals surface area contributed by atoms with Crippen LogP contribution in [-0.4, -0.2) is 53.4 Å². The maximum Gasteiger partial charge on any atom is 0.263 e. The molecule has 0 unspecified atom stereocenters. The predicted octanol–water partition coefficient (Wildman–Crippen LogP) is 1.84. The van der Waals surface area contributed by atoms with Crippen molar-refractivity contribution in [1.82, 2.24) is 34.4 Å². The van der Waals surface area contributed by atoms with E-state index in [0.29, 0.717) is 12.5 Å². The van der Waals surface area contributed by atoms with Gasteiger partial charge in [0.25, 0.3) is 5.91 Å². The summed E-state index contributed by atoms with van der Waals surface area (Å²) in [5.41, 5.74) is 0. The van der Waals surface area contributed by atoms with Crippen LogP contribution in [0.4, 0.5) is 0 Å². The van der Waals surface area contributed by atoms with E-state index in [0.717, 1.165) is 42.5 Å². The topological polar surface area (TPSA) is 81.7 Å². The molecule has 0 atom stereocenters. The van der Waals surface area contributed by atoms with Gasteiger partial charge in [0, 0.05) is 30.9 Å². The van der Waals surface area contributed by atoms with Crippen molar-refractivity contribution in [3.05, 3.63) is 46.2 Å². The summed E-state index contributed by atoms with van der Waals surface area (Å²) in [4.78, 5) is 20.5. The SMILES string of the molecule is Cc1ccc(C(=O)N2CCC(c3nnc(Cn4cncn4)n3C)CC2)s1. The lowest BCUT2D eigenvalue weighted by atomic mass is 9.96. The zero-order valence-electron chi connectivity index (χ0n) is 14.9. The van der Waals surface area contributed by atoms with E-state index >= 15 is 0 Å². The maximum absolute atomic E-state index is 12.6. The van der Waals surface area contributed by atoms with Crippen molar-refractivity contribution in [3.8, 4) is 0 Å². The number of piperidine rings is 1. The number of rotatable bonds is 4. The maximum atomic E-state index is 12.6. The molecule has 9 heteroatoms. The summed E-state index contributed by atoms with van der Waals surface area (Å²) in [5.74, 6) is 2.31. The molecule has 0 spiro atoms. The largest absolute Gasteiger partial charge is 0.338 e. The number of aryl methyl sites for hydroxylation is 1. The van der Waals surface area contributed by atoms with Crippen LogP contribution in [-0.2, 0) is 13.6 Å². The molecule has 1 aliphatic rings. The summed E-state index contributed by atoms with van der Waals surface area (Å²) in [7, 11) is 1.99. The predicted molar refractivity (Wildman–Crippen MR) is 97.1 cm³/mol. The van der Waals surface area contributed by atoms with E-state index in [1.54, 1.807) is 22.3 Å². The fraction of sp³-hybridized carbons (Fsp3) is 0.471. The molecule has 0 aromatic carbocycles. The molecule has 3 aromatic heterocycles. The first-order valence-electron chi connectivity index (χ1n) is 8.68. The summed E-state index contributed by atoms with van der Waals surface area (Å²) in [6.07, 6.45) is 5.00. The number of aromatic nitrogens is 6. The van der Waals surface area contributed by atoms with Crippen LogP contribution in [0.3, 0.4) is 0 Å². The molecule has 0 radical (unpaired) electrons. The van der Waals surface area contributed by atoms with Gasteiger partial charge in [-0.05, 0) is 31.9 Å². The van der Waals surface area contributed by atoms with Crippen molar-refractivity contribution >= 4 is 17.2 Å². The molecule has 0 bridgehead atoms. The highest BCUT2D eigenvalue weighted by molar-refractivity contribution is 7.13. The Kier molecular flexibility index (Phi) is 4.54. The molecule has 1 amide bonds. The van der Waals surface area contributed by atoms with E-state index in [-0.39, 0.29) is 5.91 Å². The number of carbonyl (C=O) groups is 1. The number of likely N-dealkylation sites (tertiary alicyclic amines) is 1. The summed E-state index contributed by atoms with van der Waals surface area (Å²) in [6, 6.07) is 3.92. The lowest BCUT2D eigenvalue weighted by Crippen LogP contribution is -2.38. The average Bonchev–Trinajstić information content (AvgIpc) is 3.38. The normalized spacial score (nSPS) is 15.5. The molecule has 0 saturated carbocycles. The Morgan fingerprint density at radius 3 is 2.73 bits per heavy atom. The van der Waals surface area contributed by atoms with Crippen molar-refractivity contribution < 1.29 is 4.79 Å². The number of hydrogen-bond donors (Lipinski definition) is 0. The minimum absolute atomic E-state index is 0.145. The van der Waals surface area contributed by atoms with Gasteiger partial charge in [-0.2, -0.15) is 5.10 Å². The van der Waals surface area contributed by atoms with Crippen LogP contribution in [0.25, 0.3) is 0 Å². The zero-order valence-corrected chi connectivity index (χ0v) is 15.7. The second kappa shape index (κ2) is 6.99. The molecule has 4 rings (SSSR count). The van der Waals surface area contributed by atoms with Gasteiger partial charge in [-0.15, -0.1) is 21.5 Å². The molecule has 1 saturated heterocycles. The van der Waals surface area contributed by atoms with Crippen LogP contribution in [0.5, 0.6) is 0 Å². The van der Waals surface area contributed by atoms with Gasteiger partial charge in [0.1, 0.15) is 25.0 Å². The number of amides is 1. The lowest BCUT2D eigenvalue weighted by Gasteiger charge is -2.31. The molecule has 0 N–H and O–H groups in total. The standard InChI is InChI=1S/C17H21N7OS/c1-12-3-4-14(26-12)17(25)23-7-5-13(6-8-23)16-21-20-15(22(16)2)9-24-11-18-10-19-24/h3-4,10-11,13H,5-9H2,1-2H3. The van der Waals surface area contributed by atoms with Gasteiger partial charge >= 0.3 is 0 Å².